The highest BCUT2D eigenvalue weighted by Gasteiger charge is 2.40. The van der Waals surface area contributed by atoms with Crippen LogP contribution in [0.15, 0.2) is 24.3 Å². The number of rotatable bonds is 4. The van der Waals surface area contributed by atoms with Gasteiger partial charge in [-0.1, -0.05) is 23.7 Å². The van der Waals surface area contributed by atoms with Gasteiger partial charge in [-0.2, -0.15) is 0 Å². The minimum Gasteiger partial charge on any atom is -0.381 e. The molecule has 2 N–H and O–H groups in total. The van der Waals surface area contributed by atoms with Crippen molar-refractivity contribution in [2.45, 2.75) is 19.4 Å². The lowest BCUT2D eigenvalue weighted by Gasteiger charge is -2.37. The van der Waals surface area contributed by atoms with E-state index in [2.05, 4.69) is 0 Å². The first kappa shape index (κ1) is 18.2. The summed E-state index contributed by atoms with van der Waals surface area (Å²) in [6.07, 6.45) is 1.39. The quantitative estimate of drug-likeness (QED) is 0.921. The van der Waals surface area contributed by atoms with Gasteiger partial charge in [-0.3, -0.25) is 4.79 Å². The van der Waals surface area contributed by atoms with E-state index in [0.29, 0.717) is 44.2 Å². The SMILES string of the molecule is CN(Cc1cccc(Cl)c1)C(=O)C1(CN)CCOCC1.Cl. The molecule has 0 atom stereocenters. The van der Waals surface area contributed by atoms with Crippen LogP contribution in [0.25, 0.3) is 0 Å². The Morgan fingerprint density at radius 2 is 2.10 bits per heavy atom. The van der Waals surface area contributed by atoms with Crippen LogP contribution in [-0.4, -0.2) is 37.6 Å². The van der Waals surface area contributed by atoms with E-state index in [1.54, 1.807) is 4.90 Å². The van der Waals surface area contributed by atoms with E-state index in [1.807, 2.05) is 31.3 Å². The summed E-state index contributed by atoms with van der Waals surface area (Å²) in [6, 6.07) is 7.56. The van der Waals surface area contributed by atoms with Gasteiger partial charge in [0.25, 0.3) is 0 Å². The van der Waals surface area contributed by atoms with Crippen LogP contribution in [0.1, 0.15) is 18.4 Å². The zero-order valence-corrected chi connectivity index (χ0v) is 13.8. The molecule has 0 bridgehead atoms. The molecule has 21 heavy (non-hydrogen) atoms. The minimum absolute atomic E-state index is 0. The van der Waals surface area contributed by atoms with Crippen LogP contribution in [0.3, 0.4) is 0 Å². The van der Waals surface area contributed by atoms with Gasteiger partial charge in [0.05, 0.1) is 5.41 Å². The summed E-state index contributed by atoms with van der Waals surface area (Å²) in [7, 11) is 1.82. The lowest BCUT2D eigenvalue weighted by atomic mass is 9.79. The van der Waals surface area contributed by atoms with Crippen molar-refractivity contribution >= 4 is 29.9 Å². The third kappa shape index (κ3) is 4.33. The molecule has 118 valence electrons. The van der Waals surface area contributed by atoms with E-state index in [0.717, 1.165) is 5.56 Å². The van der Waals surface area contributed by atoms with Gasteiger partial charge in [0.2, 0.25) is 5.91 Å². The molecule has 0 spiro atoms. The van der Waals surface area contributed by atoms with Crippen LogP contribution in [-0.2, 0) is 16.1 Å². The van der Waals surface area contributed by atoms with Crippen LogP contribution < -0.4 is 5.73 Å². The number of carbonyl (C=O) groups is 1. The number of nitrogens with zero attached hydrogens (tertiary/aromatic N) is 1. The highest BCUT2D eigenvalue weighted by Crippen LogP contribution is 2.31. The summed E-state index contributed by atoms with van der Waals surface area (Å²) in [4.78, 5) is 14.4. The largest absolute Gasteiger partial charge is 0.381 e. The van der Waals surface area contributed by atoms with E-state index >= 15 is 0 Å². The summed E-state index contributed by atoms with van der Waals surface area (Å²) in [6.45, 7) is 2.12. The molecule has 4 nitrogen and oxygen atoms in total. The first-order chi connectivity index (χ1) is 9.57. The molecule has 1 saturated heterocycles. The smallest absolute Gasteiger partial charge is 0.230 e. The molecular formula is C15H22Cl2N2O2. The number of hydrogen-bond acceptors (Lipinski definition) is 3. The molecule has 2 rings (SSSR count). The predicted octanol–water partition coefficient (Wildman–Crippen LogP) is 2.48. The highest BCUT2D eigenvalue weighted by molar-refractivity contribution is 6.30. The number of ether oxygens (including phenoxy) is 1. The van der Waals surface area contributed by atoms with E-state index < -0.39 is 5.41 Å². The number of carbonyl (C=O) groups excluding carboxylic acids is 1. The van der Waals surface area contributed by atoms with Gasteiger partial charge < -0.3 is 15.4 Å². The van der Waals surface area contributed by atoms with Gasteiger partial charge in [0, 0.05) is 38.4 Å². The molecule has 6 heteroatoms. The van der Waals surface area contributed by atoms with Crippen molar-refractivity contribution in [2.75, 3.05) is 26.8 Å². The Morgan fingerprint density at radius 1 is 1.43 bits per heavy atom. The Morgan fingerprint density at radius 3 is 2.67 bits per heavy atom. The second kappa shape index (κ2) is 7.99. The van der Waals surface area contributed by atoms with E-state index in [1.165, 1.54) is 0 Å². The maximum atomic E-state index is 12.7. The highest BCUT2D eigenvalue weighted by atomic mass is 35.5. The van der Waals surface area contributed by atoms with Gasteiger partial charge in [-0.15, -0.1) is 12.4 Å². The second-order valence-corrected chi connectivity index (χ2v) is 5.82. The molecule has 1 aliphatic rings. The molecular weight excluding hydrogens is 311 g/mol. The zero-order valence-electron chi connectivity index (χ0n) is 12.2. The van der Waals surface area contributed by atoms with Crippen molar-refractivity contribution in [3.8, 4) is 0 Å². The standard InChI is InChI=1S/C15H21ClN2O2.ClH/c1-18(10-12-3-2-4-13(16)9-12)14(19)15(11-17)5-7-20-8-6-15;/h2-4,9H,5-8,10-11,17H2,1H3;1H. The van der Waals surface area contributed by atoms with Gasteiger partial charge in [-0.05, 0) is 30.5 Å². The van der Waals surface area contributed by atoms with Gasteiger partial charge >= 0.3 is 0 Å². The Hall–Kier alpha value is -0.810. The number of nitrogens with two attached hydrogens (primary N) is 1. The van der Waals surface area contributed by atoms with Crippen LogP contribution in [0.4, 0.5) is 0 Å². The lowest BCUT2D eigenvalue weighted by molar-refractivity contribution is -0.146. The van der Waals surface area contributed by atoms with Crippen molar-refractivity contribution in [3.05, 3.63) is 34.9 Å². The fourth-order valence-corrected chi connectivity index (χ4v) is 2.87. The van der Waals surface area contributed by atoms with Crippen molar-refractivity contribution in [1.29, 1.82) is 0 Å². The van der Waals surface area contributed by atoms with Crippen molar-refractivity contribution in [2.24, 2.45) is 11.1 Å². The monoisotopic (exact) mass is 332 g/mol. The molecule has 1 amide bonds. The average molecular weight is 333 g/mol. The number of halogens is 2. The molecule has 0 saturated carbocycles. The Bertz CT molecular complexity index is 476. The predicted molar refractivity (Wildman–Crippen MR) is 86.7 cm³/mol. The third-order valence-electron chi connectivity index (χ3n) is 3.95. The normalized spacial score (nSPS) is 16.9. The zero-order chi connectivity index (χ0) is 14.6. The Kier molecular flexibility index (Phi) is 6.94. The molecule has 1 aromatic rings. The molecule has 0 aromatic heterocycles. The minimum atomic E-state index is -0.467. The molecule has 0 unspecified atom stereocenters. The topological polar surface area (TPSA) is 55.6 Å². The third-order valence-corrected chi connectivity index (χ3v) is 4.18. The van der Waals surface area contributed by atoms with Crippen molar-refractivity contribution in [1.82, 2.24) is 4.90 Å². The molecule has 1 aromatic carbocycles. The number of amides is 1. The summed E-state index contributed by atoms with van der Waals surface area (Å²) < 4.78 is 5.35. The van der Waals surface area contributed by atoms with E-state index in [9.17, 15) is 4.79 Å². The maximum absolute atomic E-state index is 12.7. The molecule has 1 aliphatic heterocycles. The van der Waals surface area contributed by atoms with Gasteiger partial charge in [0.1, 0.15) is 0 Å². The number of benzene rings is 1. The van der Waals surface area contributed by atoms with Crippen LogP contribution in [0.5, 0.6) is 0 Å². The van der Waals surface area contributed by atoms with Crippen LogP contribution in [0.2, 0.25) is 5.02 Å². The summed E-state index contributed by atoms with van der Waals surface area (Å²) in [5.74, 6) is 0.100. The van der Waals surface area contributed by atoms with Crippen molar-refractivity contribution < 1.29 is 9.53 Å². The van der Waals surface area contributed by atoms with Gasteiger partial charge in [-0.25, -0.2) is 0 Å². The van der Waals surface area contributed by atoms with E-state index in [-0.39, 0.29) is 18.3 Å². The lowest BCUT2D eigenvalue weighted by Crippen LogP contribution is -2.49. The maximum Gasteiger partial charge on any atom is 0.230 e. The molecule has 1 heterocycles. The summed E-state index contributed by atoms with van der Waals surface area (Å²) >= 11 is 5.97. The first-order valence-electron chi connectivity index (χ1n) is 6.85. The Labute approximate surface area is 137 Å². The summed E-state index contributed by atoms with van der Waals surface area (Å²) in [5.41, 5.74) is 6.42. The average Bonchev–Trinajstić information content (AvgIpc) is 2.47. The van der Waals surface area contributed by atoms with E-state index in [4.69, 9.17) is 22.1 Å². The van der Waals surface area contributed by atoms with Crippen LogP contribution in [0, 0.1) is 5.41 Å². The number of hydrogen-bond donors (Lipinski definition) is 1. The fourth-order valence-electron chi connectivity index (χ4n) is 2.65. The van der Waals surface area contributed by atoms with Gasteiger partial charge in [0.15, 0.2) is 0 Å². The van der Waals surface area contributed by atoms with Crippen molar-refractivity contribution in [3.63, 3.8) is 0 Å². The first-order valence-corrected chi connectivity index (χ1v) is 7.23. The second-order valence-electron chi connectivity index (χ2n) is 5.39. The summed E-state index contributed by atoms with van der Waals surface area (Å²) in [5, 5.41) is 0.683. The molecule has 1 fully saturated rings. The molecule has 0 aliphatic carbocycles. The fraction of sp³-hybridized carbons (Fsp3) is 0.533. The van der Waals surface area contributed by atoms with Crippen LogP contribution >= 0.6 is 24.0 Å². The Balaban J connectivity index is 0.00000220. The molecule has 0 radical (unpaired) electrons.